The quantitative estimate of drug-likeness (QED) is 0.162. The molecule has 64 heavy (non-hydrogen) atoms. The molecule has 1 aliphatic carbocycles. The van der Waals surface area contributed by atoms with Crippen molar-refractivity contribution in [3.8, 4) is 78.9 Å². The molecule has 0 atom stereocenters. The van der Waals surface area contributed by atoms with Crippen LogP contribution in [-0.4, -0.2) is 15.0 Å². The van der Waals surface area contributed by atoms with Crippen molar-refractivity contribution < 1.29 is 4.74 Å². The van der Waals surface area contributed by atoms with Crippen LogP contribution in [0.5, 0.6) is 11.5 Å². The summed E-state index contributed by atoms with van der Waals surface area (Å²) in [6.45, 7) is 0. The van der Waals surface area contributed by atoms with Gasteiger partial charge in [-0.15, -0.1) is 0 Å². The van der Waals surface area contributed by atoms with E-state index in [0.29, 0.717) is 5.82 Å². The summed E-state index contributed by atoms with van der Waals surface area (Å²) in [4.78, 5) is 15.4. The average Bonchev–Trinajstić information content (AvgIpc) is 3.67. The molecule has 0 saturated carbocycles. The molecule has 2 aliphatic rings. The minimum absolute atomic E-state index is 0.547. The van der Waals surface area contributed by atoms with Gasteiger partial charge in [0.1, 0.15) is 11.5 Å². The molecule has 4 heteroatoms. The lowest BCUT2D eigenvalue weighted by atomic mass is 9.66. The van der Waals surface area contributed by atoms with Crippen LogP contribution in [0.4, 0.5) is 0 Å². The van der Waals surface area contributed by atoms with Crippen LogP contribution in [0.15, 0.2) is 224 Å². The van der Waals surface area contributed by atoms with Gasteiger partial charge in [0, 0.05) is 49.5 Å². The van der Waals surface area contributed by atoms with Crippen LogP contribution in [0.25, 0.3) is 89.1 Å². The molecule has 298 valence electrons. The normalized spacial score (nSPS) is 12.9. The fourth-order valence-corrected chi connectivity index (χ4v) is 10.3. The van der Waals surface area contributed by atoms with Crippen LogP contribution in [0.3, 0.4) is 0 Å². The van der Waals surface area contributed by atoms with E-state index in [4.69, 9.17) is 19.7 Å². The summed E-state index contributed by atoms with van der Waals surface area (Å²) < 4.78 is 6.62. The van der Waals surface area contributed by atoms with E-state index in [9.17, 15) is 0 Å². The van der Waals surface area contributed by atoms with E-state index >= 15 is 0 Å². The van der Waals surface area contributed by atoms with E-state index in [1.807, 2.05) is 36.4 Å². The summed E-state index contributed by atoms with van der Waals surface area (Å²) in [5.74, 6) is 2.49. The Morgan fingerprint density at radius 2 is 0.859 bits per heavy atom. The molecule has 0 amide bonds. The molecule has 2 aromatic heterocycles. The highest BCUT2D eigenvalue weighted by Crippen LogP contribution is 2.63. The van der Waals surface area contributed by atoms with Gasteiger partial charge in [-0.25, -0.2) is 15.0 Å². The molecule has 0 radical (unpaired) electrons. The molecule has 3 heterocycles. The minimum Gasteiger partial charge on any atom is -0.457 e. The van der Waals surface area contributed by atoms with Gasteiger partial charge in [0.05, 0.1) is 28.0 Å². The van der Waals surface area contributed by atoms with Crippen LogP contribution >= 0.6 is 0 Å². The van der Waals surface area contributed by atoms with Crippen molar-refractivity contribution in [1.82, 2.24) is 15.0 Å². The van der Waals surface area contributed by atoms with Crippen LogP contribution in [0.1, 0.15) is 22.3 Å². The topological polar surface area (TPSA) is 47.9 Å². The van der Waals surface area contributed by atoms with Crippen LogP contribution in [0.2, 0.25) is 0 Å². The van der Waals surface area contributed by atoms with Gasteiger partial charge in [-0.3, -0.25) is 0 Å². The number of aromatic nitrogens is 3. The number of pyridine rings is 1. The predicted molar refractivity (Wildman–Crippen MR) is 259 cm³/mol. The maximum Gasteiger partial charge on any atom is 0.160 e. The monoisotopic (exact) mass is 815 g/mol. The number of hydrogen-bond acceptors (Lipinski definition) is 4. The van der Waals surface area contributed by atoms with Crippen molar-refractivity contribution in [2.24, 2.45) is 0 Å². The highest BCUT2D eigenvalue weighted by Gasteiger charge is 2.51. The van der Waals surface area contributed by atoms with Gasteiger partial charge in [0.15, 0.2) is 5.82 Å². The van der Waals surface area contributed by atoms with Crippen molar-refractivity contribution in [1.29, 1.82) is 0 Å². The maximum atomic E-state index is 6.62. The summed E-state index contributed by atoms with van der Waals surface area (Å²) in [6.07, 6.45) is 0. The Hall–Kier alpha value is -8.47. The summed E-state index contributed by atoms with van der Waals surface area (Å²) >= 11 is 0. The molecule has 11 aromatic rings. The second-order valence-electron chi connectivity index (χ2n) is 16.6. The summed E-state index contributed by atoms with van der Waals surface area (Å²) in [5, 5.41) is 3.49. The Balaban J connectivity index is 0.925. The third kappa shape index (κ3) is 5.46. The molecule has 0 saturated heterocycles. The Bertz CT molecular complexity index is 3520. The lowest BCUT2D eigenvalue weighted by Crippen LogP contribution is -2.32. The van der Waals surface area contributed by atoms with Crippen LogP contribution in [0, 0.1) is 0 Å². The van der Waals surface area contributed by atoms with Gasteiger partial charge in [-0.2, -0.15) is 0 Å². The summed E-state index contributed by atoms with van der Waals surface area (Å²) in [7, 11) is 0. The lowest BCUT2D eigenvalue weighted by Gasteiger charge is -2.39. The fourth-order valence-electron chi connectivity index (χ4n) is 10.3. The summed E-state index contributed by atoms with van der Waals surface area (Å²) in [5.41, 5.74) is 16.9. The van der Waals surface area contributed by atoms with E-state index in [2.05, 4.69) is 188 Å². The Morgan fingerprint density at radius 3 is 1.53 bits per heavy atom. The zero-order chi connectivity index (χ0) is 42.2. The SMILES string of the molecule is c1ccc(-c2cc(-c3ccc(-c4ccc(-c5nc6ccccc6c6c7c(ccc56)C5(c6ccccc6Oc6ccccc65)c5ccccc5-7)cc4)cc3)nc(-c3ccccc3)n2)cc1. The number of nitrogens with zero attached hydrogens (tertiary/aromatic N) is 3. The number of fused-ring (bicyclic) bond motifs is 13. The first-order valence-corrected chi connectivity index (χ1v) is 21.8. The van der Waals surface area contributed by atoms with Gasteiger partial charge >= 0.3 is 0 Å². The third-order valence-electron chi connectivity index (χ3n) is 13.2. The molecule has 9 aromatic carbocycles. The molecule has 1 spiro atoms. The van der Waals surface area contributed by atoms with Gasteiger partial charge < -0.3 is 4.74 Å². The Morgan fingerprint density at radius 1 is 0.344 bits per heavy atom. The van der Waals surface area contributed by atoms with Crippen molar-refractivity contribution in [3.05, 3.63) is 247 Å². The van der Waals surface area contributed by atoms with Gasteiger partial charge in [0.25, 0.3) is 0 Å². The predicted octanol–water partition coefficient (Wildman–Crippen LogP) is 15.0. The standard InChI is InChI=1S/C60H37N3O/c1-3-15-40(16-4-1)52-37-53(63-59(62-52)43-17-5-2-6-18-43)41-31-27-38(28-32-41)39-29-33-42(34-30-39)58-46-35-36-50-57(56(46)45-20-8-12-24-51(45)61-58)44-19-7-9-21-47(44)60(50)48-22-10-13-25-54(48)64-55-26-14-11-23-49(55)60/h1-37H. The number of ether oxygens (including phenoxy) is 1. The third-order valence-corrected chi connectivity index (χ3v) is 13.2. The Kier molecular flexibility index (Phi) is 8.09. The largest absolute Gasteiger partial charge is 0.457 e. The van der Waals surface area contributed by atoms with Crippen molar-refractivity contribution in [3.63, 3.8) is 0 Å². The van der Waals surface area contributed by atoms with Crippen molar-refractivity contribution in [2.45, 2.75) is 5.41 Å². The number of rotatable bonds is 5. The van der Waals surface area contributed by atoms with Gasteiger partial charge in [0.2, 0.25) is 0 Å². The molecular weight excluding hydrogens is 779 g/mol. The highest BCUT2D eigenvalue weighted by atomic mass is 16.5. The number of benzene rings is 9. The maximum absolute atomic E-state index is 6.62. The zero-order valence-corrected chi connectivity index (χ0v) is 34.6. The van der Waals surface area contributed by atoms with E-state index in [-0.39, 0.29) is 0 Å². The molecule has 0 unspecified atom stereocenters. The smallest absolute Gasteiger partial charge is 0.160 e. The van der Waals surface area contributed by atoms with E-state index < -0.39 is 5.41 Å². The molecule has 0 fully saturated rings. The molecule has 13 rings (SSSR count). The minimum atomic E-state index is -0.547. The average molecular weight is 816 g/mol. The first kappa shape index (κ1) is 36.2. The second kappa shape index (κ2) is 14.3. The van der Waals surface area contributed by atoms with E-state index in [0.717, 1.165) is 89.4 Å². The van der Waals surface area contributed by atoms with E-state index in [1.54, 1.807) is 0 Å². The fraction of sp³-hybridized carbons (Fsp3) is 0.0167. The summed E-state index contributed by atoms with van der Waals surface area (Å²) in [6, 6.07) is 79.4. The van der Waals surface area contributed by atoms with Crippen molar-refractivity contribution >= 4 is 21.7 Å². The molecule has 0 N–H and O–H groups in total. The molecule has 0 bridgehead atoms. The molecule has 1 aliphatic heterocycles. The molecule has 4 nitrogen and oxygen atoms in total. The Labute approximate surface area is 370 Å². The first-order valence-electron chi connectivity index (χ1n) is 21.8. The highest BCUT2D eigenvalue weighted by molar-refractivity contribution is 6.19. The second-order valence-corrected chi connectivity index (χ2v) is 16.6. The van der Waals surface area contributed by atoms with Gasteiger partial charge in [-0.05, 0) is 57.6 Å². The van der Waals surface area contributed by atoms with Crippen molar-refractivity contribution in [2.75, 3.05) is 0 Å². The van der Waals surface area contributed by atoms with E-state index in [1.165, 1.54) is 27.6 Å². The lowest BCUT2D eigenvalue weighted by molar-refractivity contribution is 0.436. The van der Waals surface area contributed by atoms with Crippen LogP contribution < -0.4 is 4.74 Å². The number of hydrogen-bond donors (Lipinski definition) is 0. The first-order chi connectivity index (χ1) is 31.7. The number of para-hydroxylation sites is 3. The van der Waals surface area contributed by atoms with Crippen LogP contribution in [-0.2, 0) is 5.41 Å². The van der Waals surface area contributed by atoms with Gasteiger partial charge in [-0.1, -0.05) is 200 Å². The zero-order valence-electron chi connectivity index (χ0n) is 34.6. The molecular formula is C60H37N3O.